The lowest BCUT2D eigenvalue weighted by atomic mass is 10.1. The van der Waals surface area contributed by atoms with Gasteiger partial charge in [0.1, 0.15) is 49.4 Å². The molecule has 0 N–H and O–H groups in total. The van der Waals surface area contributed by atoms with E-state index in [1.165, 1.54) is 0 Å². The second-order valence-corrected chi connectivity index (χ2v) is 12.7. The van der Waals surface area contributed by atoms with Gasteiger partial charge in [-0.1, -0.05) is 194 Å². The highest BCUT2D eigenvalue weighted by Crippen LogP contribution is 2.19. The van der Waals surface area contributed by atoms with Gasteiger partial charge in [0.05, 0.1) is 0 Å². The van der Waals surface area contributed by atoms with Gasteiger partial charge < -0.3 is 18.9 Å². The molecule has 4 heteroatoms. The van der Waals surface area contributed by atoms with Crippen molar-refractivity contribution in [3.05, 3.63) is 119 Å². The Labute approximate surface area is 442 Å². The topological polar surface area (TPSA) is 36.9 Å². The Bertz CT molecular complexity index is 2250. The Kier molecular flexibility index (Phi) is 58.9. The minimum Gasteiger partial charge on any atom is -0.481 e. The largest absolute Gasteiger partial charge is 0.481 e. The van der Waals surface area contributed by atoms with E-state index >= 15 is 0 Å². The van der Waals surface area contributed by atoms with Crippen molar-refractivity contribution in [3.8, 4) is 118 Å². The van der Waals surface area contributed by atoms with Crippen molar-refractivity contribution in [1.29, 1.82) is 0 Å². The first kappa shape index (κ1) is 71.1. The van der Waals surface area contributed by atoms with Crippen molar-refractivity contribution in [2.45, 2.75) is 162 Å². The molecule has 0 aromatic heterocycles. The summed E-state index contributed by atoms with van der Waals surface area (Å²) in [5, 5.41) is 0. The van der Waals surface area contributed by atoms with E-state index < -0.39 is 0 Å². The highest BCUT2D eigenvalue weighted by atomic mass is 16.5. The Morgan fingerprint density at radius 1 is 0.250 bits per heavy atom. The van der Waals surface area contributed by atoms with Crippen molar-refractivity contribution in [2.24, 2.45) is 0 Å². The third kappa shape index (κ3) is 45.0. The molecule has 4 aromatic carbocycles. The highest BCUT2D eigenvalue weighted by molar-refractivity contribution is 5.44. The first-order chi connectivity index (χ1) is 35.5. The third-order valence-corrected chi connectivity index (χ3v) is 7.47. The summed E-state index contributed by atoms with van der Waals surface area (Å²) >= 11 is 0. The van der Waals surface area contributed by atoms with E-state index in [-0.39, 0.29) is 0 Å². The quantitative estimate of drug-likeness (QED) is 0.165. The molecule has 0 aliphatic heterocycles. The molecule has 0 saturated carbocycles. The molecule has 0 atom stereocenters. The fraction of sp³-hybridized carbons (Fsp3) is 0.412. The Morgan fingerprint density at radius 2 is 0.500 bits per heavy atom. The predicted molar refractivity (Wildman–Crippen MR) is 314 cm³/mol. The van der Waals surface area contributed by atoms with Crippen LogP contribution in [-0.2, 0) is 0 Å². The van der Waals surface area contributed by atoms with Gasteiger partial charge in [-0.2, -0.15) is 0 Å². The minimum absolute atomic E-state index is 0.410. The molecule has 4 nitrogen and oxygen atoms in total. The molecule has 0 heterocycles. The van der Waals surface area contributed by atoms with E-state index in [2.05, 4.69) is 94.7 Å². The molecule has 384 valence electrons. The fourth-order valence-corrected chi connectivity index (χ4v) is 4.54. The number of hydrogen-bond donors (Lipinski definition) is 0. The van der Waals surface area contributed by atoms with Crippen LogP contribution in [0, 0.1) is 94.7 Å². The Morgan fingerprint density at radius 3 is 0.778 bits per heavy atom. The molecule has 4 rings (SSSR count). The second-order valence-electron chi connectivity index (χ2n) is 12.7. The molecule has 0 aliphatic carbocycles. The van der Waals surface area contributed by atoms with E-state index in [0.717, 1.165) is 96.6 Å². The summed E-state index contributed by atoms with van der Waals surface area (Å²) in [6.07, 6.45) is 7.00. The molecule has 0 saturated heterocycles. The number of rotatable bonds is 8. The van der Waals surface area contributed by atoms with Gasteiger partial charge in [0.2, 0.25) is 0 Å². The standard InChI is InChI=1S/2C16H18O2.2C14H14.4C2H6/c1-3-5-7-13-17-15-9-11-16(12-10-15)18-14-8-6-4-2;1-3-5-7-12-17-15-10-9-11-16(14-15)18-13-8-6-4-2;1-3-5-8-13-10-7-11-14(12-13)9-6-4-2;1-3-5-7-13-9-11-14(12-10-13)8-6-4-2;4*1-2/h9-12H,3-4,13-14H2,1-2H3;9-11,14H,3-4,12-13H2,1-2H3;7,10-12H,3-4H2,1-2H3;9-12H,3-4H2,1-2H3;4*1-2H3. The summed E-state index contributed by atoms with van der Waals surface area (Å²) in [5.41, 5.74) is 4.23. The molecule has 0 radical (unpaired) electrons. The molecular weight excluding hydrogens is 881 g/mol. The van der Waals surface area contributed by atoms with Gasteiger partial charge in [0.15, 0.2) is 0 Å². The molecule has 0 fully saturated rings. The number of ether oxygens (including phenoxy) is 4. The van der Waals surface area contributed by atoms with E-state index in [0.29, 0.717) is 26.4 Å². The lowest BCUT2D eigenvalue weighted by Gasteiger charge is -2.05. The molecule has 72 heavy (non-hydrogen) atoms. The molecule has 0 bridgehead atoms. The van der Waals surface area contributed by atoms with E-state index in [1.807, 2.05) is 208 Å². The molecule has 0 amide bonds. The Balaban J connectivity index is -0.000000410. The maximum Gasteiger partial charge on any atom is 0.149 e. The van der Waals surface area contributed by atoms with Crippen LogP contribution in [-0.4, -0.2) is 26.4 Å². The van der Waals surface area contributed by atoms with Crippen LogP contribution in [0.3, 0.4) is 0 Å². The predicted octanol–water partition coefficient (Wildman–Crippen LogP) is 17.1. The lowest BCUT2D eigenvalue weighted by Crippen LogP contribution is -1.96. The molecule has 0 aliphatic rings. The van der Waals surface area contributed by atoms with Crippen LogP contribution in [0.15, 0.2) is 97.1 Å². The van der Waals surface area contributed by atoms with Gasteiger partial charge >= 0.3 is 0 Å². The van der Waals surface area contributed by atoms with Gasteiger partial charge in [-0.05, 0) is 78.9 Å². The summed E-state index contributed by atoms with van der Waals surface area (Å²) in [7, 11) is 0. The van der Waals surface area contributed by atoms with Crippen LogP contribution in [0.1, 0.15) is 184 Å². The highest BCUT2D eigenvalue weighted by Gasteiger charge is 1.97. The summed E-state index contributed by atoms with van der Waals surface area (Å²) in [6.45, 7) is 33.9. The maximum absolute atomic E-state index is 5.49. The van der Waals surface area contributed by atoms with Crippen LogP contribution in [0.5, 0.6) is 23.0 Å². The third-order valence-electron chi connectivity index (χ3n) is 7.47. The minimum atomic E-state index is 0.410. The SMILES string of the molecule is CC.CC.CC.CC.CCC#CCOc1ccc(OCC#CCC)cc1.CCC#CCOc1cccc(OCC#CCC)c1.CCC#Cc1ccc(C#CCC)cc1.CCC#Cc1cccc(C#CCC)c1. The van der Waals surface area contributed by atoms with Crippen LogP contribution in [0.25, 0.3) is 0 Å². The number of benzene rings is 4. The normalized spacial score (nSPS) is 7.78. The van der Waals surface area contributed by atoms with Crippen molar-refractivity contribution >= 4 is 0 Å². The van der Waals surface area contributed by atoms with Crippen LogP contribution in [0.4, 0.5) is 0 Å². The average molecular weight is 969 g/mol. The van der Waals surface area contributed by atoms with Gasteiger partial charge in [-0.25, -0.2) is 0 Å². The summed E-state index contributed by atoms with van der Waals surface area (Å²) in [5.74, 6) is 51.2. The van der Waals surface area contributed by atoms with Gasteiger partial charge in [-0.15, -0.1) is 23.7 Å². The zero-order chi connectivity index (χ0) is 54.6. The van der Waals surface area contributed by atoms with E-state index in [4.69, 9.17) is 18.9 Å². The van der Waals surface area contributed by atoms with Gasteiger partial charge in [0.25, 0.3) is 0 Å². The molecule has 0 unspecified atom stereocenters. The average Bonchev–Trinajstić information content (AvgIpc) is 3.45. The van der Waals surface area contributed by atoms with Crippen LogP contribution in [0.2, 0.25) is 0 Å². The molecule has 0 spiro atoms. The summed E-state index contributed by atoms with van der Waals surface area (Å²) in [4.78, 5) is 0. The van der Waals surface area contributed by atoms with Gasteiger partial charge in [-0.3, -0.25) is 0 Å². The second kappa shape index (κ2) is 59.7. The lowest BCUT2D eigenvalue weighted by molar-refractivity contribution is 0.351. The monoisotopic (exact) mass is 969 g/mol. The summed E-state index contributed by atoms with van der Waals surface area (Å²) in [6, 6.07) is 31.1. The zero-order valence-corrected chi connectivity index (χ0v) is 47.4. The van der Waals surface area contributed by atoms with Crippen molar-refractivity contribution in [2.75, 3.05) is 26.4 Å². The maximum atomic E-state index is 5.49. The smallest absolute Gasteiger partial charge is 0.149 e. The zero-order valence-electron chi connectivity index (χ0n) is 47.4. The molecular formula is C68H88O4. The van der Waals surface area contributed by atoms with Crippen LogP contribution < -0.4 is 18.9 Å². The first-order valence-electron chi connectivity index (χ1n) is 26.2. The van der Waals surface area contributed by atoms with Gasteiger partial charge in [0, 0.05) is 79.7 Å². The fourth-order valence-electron chi connectivity index (χ4n) is 4.54. The van der Waals surface area contributed by atoms with Crippen LogP contribution >= 0.6 is 0 Å². The van der Waals surface area contributed by atoms with Crippen molar-refractivity contribution < 1.29 is 18.9 Å². The Hall–Kier alpha value is -7.44. The number of hydrogen-bond acceptors (Lipinski definition) is 4. The van der Waals surface area contributed by atoms with Crippen molar-refractivity contribution in [1.82, 2.24) is 0 Å². The summed E-state index contributed by atoms with van der Waals surface area (Å²) < 4.78 is 21.9. The van der Waals surface area contributed by atoms with E-state index in [9.17, 15) is 0 Å². The van der Waals surface area contributed by atoms with E-state index in [1.54, 1.807) is 0 Å². The molecule has 4 aromatic rings. The van der Waals surface area contributed by atoms with Crippen molar-refractivity contribution in [3.63, 3.8) is 0 Å². The first-order valence-corrected chi connectivity index (χ1v) is 26.2.